The quantitative estimate of drug-likeness (QED) is 0.702. The minimum Gasteiger partial charge on any atom is -0.306 e. The second-order valence-electron chi connectivity index (χ2n) is 3.87. The topological polar surface area (TPSA) is 12.0 Å². The molecule has 0 saturated carbocycles. The SMILES string of the molecule is C=C[C@H](NCc1ccccc1)C(C)C. The Kier molecular flexibility index (Phi) is 4.41. The van der Waals surface area contributed by atoms with Crippen molar-refractivity contribution in [3.05, 3.63) is 48.6 Å². The minimum atomic E-state index is 0.398. The van der Waals surface area contributed by atoms with Gasteiger partial charge in [-0.2, -0.15) is 0 Å². The molecule has 76 valence electrons. The fraction of sp³-hybridized carbons (Fsp3) is 0.385. The van der Waals surface area contributed by atoms with Gasteiger partial charge in [-0.15, -0.1) is 6.58 Å². The molecule has 0 unspecified atom stereocenters. The smallest absolute Gasteiger partial charge is 0.0273 e. The van der Waals surface area contributed by atoms with Crippen molar-refractivity contribution in [3.63, 3.8) is 0 Å². The molecule has 0 bridgehead atoms. The number of benzene rings is 1. The highest BCUT2D eigenvalue weighted by Gasteiger charge is 2.07. The maximum absolute atomic E-state index is 3.83. The van der Waals surface area contributed by atoms with E-state index in [0.29, 0.717) is 12.0 Å². The molecular formula is C13H19N. The fourth-order valence-corrected chi connectivity index (χ4v) is 1.42. The van der Waals surface area contributed by atoms with Crippen LogP contribution >= 0.6 is 0 Å². The van der Waals surface area contributed by atoms with Gasteiger partial charge in [0.25, 0.3) is 0 Å². The fourth-order valence-electron chi connectivity index (χ4n) is 1.42. The molecule has 0 aromatic heterocycles. The highest BCUT2D eigenvalue weighted by molar-refractivity contribution is 5.14. The summed E-state index contributed by atoms with van der Waals surface area (Å²) in [6, 6.07) is 10.8. The molecule has 0 fully saturated rings. The van der Waals surface area contributed by atoms with E-state index in [1.54, 1.807) is 0 Å². The molecule has 0 aliphatic rings. The molecule has 14 heavy (non-hydrogen) atoms. The normalized spacial score (nSPS) is 12.8. The summed E-state index contributed by atoms with van der Waals surface area (Å²) >= 11 is 0. The molecule has 1 rings (SSSR count). The summed E-state index contributed by atoms with van der Waals surface area (Å²) in [6.07, 6.45) is 1.98. The van der Waals surface area contributed by atoms with E-state index in [2.05, 4.69) is 50.0 Å². The van der Waals surface area contributed by atoms with Crippen molar-refractivity contribution in [1.29, 1.82) is 0 Å². The zero-order valence-electron chi connectivity index (χ0n) is 9.03. The molecule has 1 aromatic rings. The number of hydrogen-bond donors (Lipinski definition) is 1. The van der Waals surface area contributed by atoms with Crippen LogP contribution in [0.15, 0.2) is 43.0 Å². The van der Waals surface area contributed by atoms with E-state index >= 15 is 0 Å². The highest BCUT2D eigenvalue weighted by atomic mass is 14.9. The summed E-state index contributed by atoms with van der Waals surface area (Å²) < 4.78 is 0. The van der Waals surface area contributed by atoms with Crippen molar-refractivity contribution in [2.75, 3.05) is 0 Å². The summed E-state index contributed by atoms with van der Waals surface area (Å²) in [5, 5.41) is 3.47. The van der Waals surface area contributed by atoms with Crippen molar-refractivity contribution in [2.24, 2.45) is 5.92 Å². The maximum atomic E-state index is 3.83. The number of hydrogen-bond acceptors (Lipinski definition) is 1. The summed E-state index contributed by atoms with van der Waals surface area (Å²) in [5.74, 6) is 0.594. The van der Waals surface area contributed by atoms with Gasteiger partial charge in [0.05, 0.1) is 0 Å². The van der Waals surface area contributed by atoms with Crippen molar-refractivity contribution in [3.8, 4) is 0 Å². The van der Waals surface area contributed by atoms with Crippen molar-refractivity contribution in [2.45, 2.75) is 26.4 Å². The van der Waals surface area contributed by atoms with Gasteiger partial charge >= 0.3 is 0 Å². The zero-order chi connectivity index (χ0) is 10.4. The van der Waals surface area contributed by atoms with Crippen molar-refractivity contribution < 1.29 is 0 Å². The minimum absolute atomic E-state index is 0.398. The molecule has 1 atom stereocenters. The zero-order valence-corrected chi connectivity index (χ0v) is 9.03. The average molecular weight is 189 g/mol. The summed E-state index contributed by atoms with van der Waals surface area (Å²) in [7, 11) is 0. The lowest BCUT2D eigenvalue weighted by Gasteiger charge is -2.18. The first-order chi connectivity index (χ1) is 6.74. The molecule has 0 aliphatic carbocycles. The van der Waals surface area contributed by atoms with E-state index in [0.717, 1.165) is 6.54 Å². The van der Waals surface area contributed by atoms with Gasteiger partial charge in [0.2, 0.25) is 0 Å². The van der Waals surface area contributed by atoms with Gasteiger partial charge in [-0.1, -0.05) is 50.3 Å². The molecule has 1 heteroatoms. The summed E-state index contributed by atoms with van der Waals surface area (Å²) in [6.45, 7) is 9.14. The van der Waals surface area contributed by atoms with Crippen molar-refractivity contribution >= 4 is 0 Å². The van der Waals surface area contributed by atoms with Gasteiger partial charge in [-0.25, -0.2) is 0 Å². The van der Waals surface area contributed by atoms with Crippen LogP contribution in [0, 0.1) is 5.92 Å². The highest BCUT2D eigenvalue weighted by Crippen LogP contribution is 2.04. The number of rotatable bonds is 5. The third-order valence-corrected chi connectivity index (χ3v) is 2.36. The molecular weight excluding hydrogens is 170 g/mol. The lowest BCUT2D eigenvalue weighted by Crippen LogP contribution is -2.31. The Morgan fingerprint density at radius 1 is 1.29 bits per heavy atom. The Morgan fingerprint density at radius 3 is 2.43 bits per heavy atom. The second-order valence-corrected chi connectivity index (χ2v) is 3.87. The Balaban J connectivity index is 2.43. The lowest BCUT2D eigenvalue weighted by atomic mass is 10.0. The molecule has 1 aromatic carbocycles. The van der Waals surface area contributed by atoms with Crippen LogP contribution in [0.2, 0.25) is 0 Å². The molecule has 0 radical (unpaired) electrons. The Morgan fingerprint density at radius 2 is 1.93 bits per heavy atom. The third kappa shape index (κ3) is 3.35. The monoisotopic (exact) mass is 189 g/mol. The van der Waals surface area contributed by atoms with Crippen LogP contribution in [-0.4, -0.2) is 6.04 Å². The summed E-state index contributed by atoms with van der Waals surface area (Å²) in [4.78, 5) is 0. The molecule has 0 saturated heterocycles. The first-order valence-electron chi connectivity index (χ1n) is 5.14. The van der Waals surface area contributed by atoms with E-state index in [1.807, 2.05) is 12.1 Å². The maximum Gasteiger partial charge on any atom is 0.0273 e. The molecule has 0 amide bonds. The first kappa shape index (κ1) is 11.0. The average Bonchev–Trinajstić information content (AvgIpc) is 2.20. The Bertz CT molecular complexity index is 264. The van der Waals surface area contributed by atoms with E-state index < -0.39 is 0 Å². The van der Waals surface area contributed by atoms with Crippen LogP contribution < -0.4 is 5.32 Å². The van der Waals surface area contributed by atoms with Crippen LogP contribution in [0.1, 0.15) is 19.4 Å². The van der Waals surface area contributed by atoms with Gasteiger partial charge in [0.1, 0.15) is 0 Å². The predicted octanol–water partition coefficient (Wildman–Crippen LogP) is 2.99. The van der Waals surface area contributed by atoms with Gasteiger partial charge in [-0.05, 0) is 11.5 Å². The van der Waals surface area contributed by atoms with Crippen LogP contribution in [0.3, 0.4) is 0 Å². The largest absolute Gasteiger partial charge is 0.306 e. The Labute approximate surface area is 86.8 Å². The molecule has 1 nitrogen and oxygen atoms in total. The van der Waals surface area contributed by atoms with Gasteiger partial charge in [0, 0.05) is 12.6 Å². The van der Waals surface area contributed by atoms with Gasteiger partial charge in [-0.3, -0.25) is 0 Å². The van der Waals surface area contributed by atoms with Crippen LogP contribution in [0.25, 0.3) is 0 Å². The van der Waals surface area contributed by atoms with E-state index in [9.17, 15) is 0 Å². The molecule has 0 aliphatic heterocycles. The second kappa shape index (κ2) is 5.61. The molecule has 1 N–H and O–H groups in total. The third-order valence-electron chi connectivity index (χ3n) is 2.36. The van der Waals surface area contributed by atoms with Crippen LogP contribution in [0.4, 0.5) is 0 Å². The van der Waals surface area contributed by atoms with Crippen LogP contribution in [0.5, 0.6) is 0 Å². The van der Waals surface area contributed by atoms with Gasteiger partial charge in [0.15, 0.2) is 0 Å². The van der Waals surface area contributed by atoms with Crippen molar-refractivity contribution in [1.82, 2.24) is 5.32 Å². The molecule has 0 spiro atoms. The predicted molar refractivity (Wildman–Crippen MR) is 62.1 cm³/mol. The lowest BCUT2D eigenvalue weighted by molar-refractivity contribution is 0.464. The summed E-state index contributed by atoms with van der Waals surface area (Å²) in [5.41, 5.74) is 1.32. The van der Waals surface area contributed by atoms with Crippen LogP contribution in [-0.2, 0) is 6.54 Å². The Hall–Kier alpha value is -1.08. The van der Waals surface area contributed by atoms with E-state index in [4.69, 9.17) is 0 Å². The standard InChI is InChI=1S/C13H19N/c1-4-13(11(2)3)14-10-12-8-6-5-7-9-12/h4-9,11,13-14H,1,10H2,2-3H3/t13-/m0/s1. The number of nitrogens with one attached hydrogen (secondary N) is 1. The van der Waals surface area contributed by atoms with Gasteiger partial charge < -0.3 is 5.32 Å². The first-order valence-corrected chi connectivity index (χ1v) is 5.14. The van der Waals surface area contributed by atoms with E-state index in [-0.39, 0.29) is 0 Å². The van der Waals surface area contributed by atoms with E-state index in [1.165, 1.54) is 5.56 Å². The molecule has 0 heterocycles.